The lowest BCUT2D eigenvalue weighted by Gasteiger charge is -2.15. The Hall–Kier alpha value is -1.88. The molecule has 1 aromatic carbocycles. The lowest BCUT2D eigenvalue weighted by atomic mass is 9.93. The van der Waals surface area contributed by atoms with Gasteiger partial charge in [0.2, 0.25) is 0 Å². The van der Waals surface area contributed by atoms with Crippen LogP contribution in [0.15, 0.2) is 18.2 Å². The fourth-order valence-electron chi connectivity index (χ4n) is 3.50. The molecule has 2 aliphatic carbocycles. The molecule has 4 nitrogen and oxygen atoms in total. The fraction of sp³-hybridized carbons (Fsp3) is 0.444. The number of hydrogen-bond acceptors (Lipinski definition) is 3. The van der Waals surface area contributed by atoms with Gasteiger partial charge in [-0.15, -0.1) is 11.3 Å². The quantitative estimate of drug-likeness (QED) is 0.859. The first-order valence-corrected chi connectivity index (χ1v) is 9.17. The number of aryl methyl sites for hydroxylation is 3. The summed E-state index contributed by atoms with van der Waals surface area (Å²) in [5, 5.41) is 6.52. The summed E-state index contributed by atoms with van der Waals surface area (Å²) in [6.07, 6.45) is 6.79. The fourth-order valence-corrected chi connectivity index (χ4v) is 4.67. The van der Waals surface area contributed by atoms with Crippen LogP contribution in [0.3, 0.4) is 0 Å². The summed E-state index contributed by atoms with van der Waals surface area (Å²) in [5.41, 5.74) is 4.80. The highest BCUT2D eigenvalue weighted by molar-refractivity contribution is 7.15. The second kappa shape index (κ2) is 5.96. The number of fused-ring (bicyclic) bond motifs is 2. The summed E-state index contributed by atoms with van der Waals surface area (Å²) in [7, 11) is 0. The molecule has 0 spiro atoms. The number of nitrogens with zero attached hydrogens (tertiary/aromatic N) is 1. The third-order valence-electron chi connectivity index (χ3n) is 4.76. The Morgan fingerprint density at radius 3 is 3.00 bits per heavy atom. The highest BCUT2D eigenvalue weighted by Gasteiger charge is 2.20. The summed E-state index contributed by atoms with van der Waals surface area (Å²) in [4.78, 5) is 18.1. The molecule has 0 unspecified atom stereocenters. The predicted octanol–water partition coefficient (Wildman–Crippen LogP) is 4.40. The number of nitrogens with one attached hydrogen (secondary N) is 2. The first-order valence-electron chi connectivity index (χ1n) is 8.36. The monoisotopic (exact) mass is 327 g/mol. The second-order valence-electron chi connectivity index (χ2n) is 6.65. The zero-order chi connectivity index (χ0) is 15.8. The number of aromatic nitrogens is 1. The van der Waals surface area contributed by atoms with Crippen molar-refractivity contribution in [3.05, 3.63) is 39.9 Å². The summed E-state index contributed by atoms with van der Waals surface area (Å²) >= 11 is 1.62. The number of rotatable bonds is 2. The van der Waals surface area contributed by atoms with Crippen LogP contribution in [0.5, 0.6) is 0 Å². The van der Waals surface area contributed by atoms with Crippen molar-refractivity contribution in [1.82, 2.24) is 4.98 Å². The third-order valence-corrected chi connectivity index (χ3v) is 5.80. The molecular weight excluding hydrogens is 306 g/mol. The second-order valence-corrected chi connectivity index (χ2v) is 7.74. The molecule has 0 bridgehead atoms. The molecule has 0 saturated heterocycles. The van der Waals surface area contributed by atoms with Crippen molar-refractivity contribution in [2.75, 3.05) is 10.6 Å². The maximum atomic E-state index is 12.2. The van der Waals surface area contributed by atoms with E-state index in [2.05, 4.69) is 34.7 Å². The third kappa shape index (κ3) is 3.11. The summed E-state index contributed by atoms with van der Waals surface area (Å²) in [6.45, 7) is 2.27. The zero-order valence-electron chi connectivity index (χ0n) is 13.3. The molecule has 2 N–H and O–H groups in total. The number of hydrogen-bond donors (Lipinski definition) is 2. The van der Waals surface area contributed by atoms with E-state index < -0.39 is 0 Å². The Kier molecular flexibility index (Phi) is 3.81. The van der Waals surface area contributed by atoms with E-state index in [1.807, 2.05) is 6.07 Å². The van der Waals surface area contributed by atoms with Crippen molar-refractivity contribution in [2.24, 2.45) is 5.92 Å². The van der Waals surface area contributed by atoms with Crippen LogP contribution in [-0.4, -0.2) is 11.0 Å². The molecule has 1 aromatic heterocycles. The smallest absolute Gasteiger partial charge is 0.308 e. The first-order chi connectivity index (χ1) is 11.2. The number of amides is 2. The van der Waals surface area contributed by atoms with Crippen LogP contribution in [0.25, 0.3) is 0 Å². The highest BCUT2D eigenvalue weighted by atomic mass is 32.1. The van der Waals surface area contributed by atoms with E-state index in [0.717, 1.165) is 37.3 Å². The van der Waals surface area contributed by atoms with Crippen molar-refractivity contribution < 1.29 is 4.79 Å². The lowest BCUT2D eigenvalue weighted by molar-refractivity contribution is 0.262. The largest absolute Gasteiger partial charge is 0.325 e. The van der Waals surface area contributed by atoms with E-state index >= 15 is 0 Å². The normalized spacial score (nSPS) is 19.1. The van der Waals surface area contributed by atoms with Crippen LogP contribution in [0.2, 0.25) is 0 Å². The van der Waals surface area contributed by atoms with Gasteiger partial charge in [0.15, 0.2) is 5.13 Å². The SMILES string of the molecule is C[C@@H]1CCc2nc(NC(=O)Nc3ccc4c(c3)CCC4)sc2C1. The van der Waals surface area contributed by atoms with Crippen molar-refractivity contribution in [2.45, 2.75) is 45.4 Å². The Balaban J connectivity index is 1.42. The van der Waals surface area contributed by atoms with Gasteiger partial charge in [0.1, 0.15) is 0 Å². The van der Waals surface area contributed by atoms with E-state index in [0.29, 0.717) is 5.13 Å². The number of carbonyl (C=O) groups is 1. The summed E-state index contributed by atoms with van der Waals surface area (Å²) in [5.74, 6) is 0.719. The van der Waals surface area contributed by atoms with Crippen LogP contribution in [-0.2, 0) is 25.7 Å². The Labute approximate surface area is 140 Å². The molecule has 2 amide bonds. The van der Waals surface area contributed by atoms with Crippen LogP contribution >= 0.6 is 11.3 Å². The summed E-state index contributed by atoms with van der Waals surface area (Å²) < 4.78 is 0. The summed E-state index contributed by atoms with van der Waals surface area (Å²) in [6, 6.07) is 6.00. The minimum Gasteiger partial charge on any atom is -0.308 e. The van der Waals surface area contributed by atoms with Gasteiger partial charge in [-0.25, -0.2) is 9.78 Å². The van der Waals surface area contributed by atoms with Crippen LogP contribution < -0.4 is 10.6 Å². The van der Waals surface area contributed by atoms with Crippen LogP contribution in [0, 0.1) is 5.92 Å². The molecule has 2 aromatic rings. The van der Waals surface area contributed by atoms with Gasteiger partial charge < -0.3 is 5.32 Å². The van der Waals surface area contributed by atoms with Crippen molar-refractivity contribution in [1.29, 1.82) is 0 Å². The van der Waals surface area contributed by atoms with E-state index in [9.17, 15) is 4.79 Å². The Bertz CT molecular complexity index is 753. The van der Waals surface area contributed by atoms with Crippen molar-refractivity contribution in [3.8, 4) is 0 Å². The van der Waals surface area contributed by atoms with Gasteiger partial charge in [0.05, 0.1) is 5.69 Å². The molecule has 1 atom stereocenters. The van der Waals surface area contributed by atoms with E-state index in [1.165, 1.54) is 34.5 Å². The average molecular weight is 327 g/mol. The number of anilines is 2. The topological polar surface area (TPSA) is 54.0 Å². The van der Waals surface area contributed by atoms with Gasteiger partial charge in [-0.2, -0.15) is 0 Å². The number of benzene rings is 1. The molecule has 4 rings (SSSR count). The van der Waals surface area contributed by atoms with E-state index in [4.69, 9.17) is 0 Å². The minimum absolute atomic E-state index is 0.206. The van der Waals surface area contributed by atoms with Crippen LogP contribution in [0.4, 0.5) is 15.6 Å². The maximum absolute atomic E-state index is 12.2. The lowest BCUT2D eigenvalue weighted by Crippen LogP contribution is -2.19. The first kappa shape index (κ1) is 14.7. The number of thiazole rings is 1. The maximum Gasteiger partial charge on any atom is 0.325 e. The van der Waals surface area contributed by atoms with Crippen molar-refractivity contribution >= 4 is 28.2 Å². The van der Waals surface area contributed by atoms with E-state index in [1.54, 1.807) is 11.3 Å². The molecule has 1 heterocycles. The minimum atomic E-state index is -0.206. The number of urea groups is 1. The Morgan fingerprint density at radius 2 is 2.09 bits per heavy atom. The zero-order valence-corrected chi connectivity index (χ0v) is 14.1. The highest BCUT2D eigenvalue weighted by Crippen LogP contribution is 2.32. The molecule has 2 aliphatic rings. The van der Waals surface area contributed by atoms with Crippen LogP contribution in [0.1, 0.15) is 41.5 Å². The van der Waals surface area contributed by atoms with Gasteiger partial charge in [0, 0.05) is 10.6 Å². The molecular formula is C18H21N3OS. The molecule has 120 valence electrons. The van der Waals surface area contributed by atoms with Gasteiger partial charge in [0.25, 0.3) is 0 Å². The van der Waals surface area contributed by atoms with Crippen molar-refractivity contribution in [3.63, 3.8) is 0 Å². The standard InChI is InChI=1S/C18H21N3OS/c1-11-5-8-15-16(9-11)23-18(20-15)21-17(22)19-14-7-6-12-3-2-4-13(12)10-14/h6-7,10-11H,2-5,8-9H2,1H3,(H2,19,20,21,22)/t11-/m1/s1. The predicted molar refractivity (Wildman–Crippen MR) is 94.4 cm³/mol. The molecule has 0 radical (unpaired) electrons. The molecule has 0 saturated carbocycles. The van der Waals surface area contributed by atoms with Gasteiger partial charge in [-0.3, -0.25) is 5.32 Å². The average Bonchev–Trinajstić information content (AvgIpc) is 3.11. The van der Waals surface area contributed by atoms with Gasteiger partial charge in [-0.1, -0.05) is 13.0 Å². The molecule has 5 heteroatoms. The molecule has 0 aliphatic heterocycles. The molecule has 23 heavy (non-hydrogen) atoms. The number of carbonyl (C=O) groups excluding carboxylic acids is 1. The van der Waals surface area contributed by atoms with E-state index in [-0.39, 0.29) is 6.03 Å². The Morgan fingerprint density at radius 1 is 1.22 bits per heavy atom. The molecule has 0 fully saturated rings. The van der Waals surface area contributed by atoms with Gasteiger partial charge >= 0.3 is 6.03 Å². The van der Waals surface area contributed by atoms with Gasteiger partial charge in [-0.05, 0) is 67.7 Å².